The van der Waals surface area contributed by atoms with Gasteiger partial charge in [0.25, 0.3) is 0 Å². The van der Waals surface area contributed by atoms with Crippen LogP contribution in [0.15, 0.2) is 126 Å². The Morgan fingerprint density at radius 1 is 0.694 bits per heavy atom. The number of nitrogens with zero attached hydrogens (tertiary/aromatic N) is 1. The van der Waals surface area contributed by atoms with Gasteiger partial charge in [0.15, 0.2) is 0 Å². The second-order valence-electron chi connectivity index (χ2n) is 9.77. The Kier molecular flexibility index (Phi) is 6.46. The van der Waals surface area contributed by atoms with Gasteiger partial charge in [0.05, 0.1) is 10.3 Å². The Morgan fingerprint density at radius 3 is 1.67 bits per heavy atom. The molecule has 5 rings (SSSR count). The molecule has 180 valence electrons. The molecule has 0 bridgehead atoms. The van der Waals surface area contributed by atoms with E-state index in [1.807, 2.05) is 44.7 Å². The van der Waals surface area contributed by atoms with Gasteiger partial charge in [0.1, 0.15) is 5.60 Å². The Bertz CT molecular complexity index is 1370. The molecule has 36 heavy (non-hydrogen) atoms. The smallest absolute Gasteiger partial charge is 0.418 e. The van der Waals surface area contributed by atoms with Crippen molar-refractivity contribution in [3.8, 4) is 0 Å². The quantitative estimate of drug-likeness (QED) is 0.182. The van der Waals surface area contributed by atoms with Gasteiger partial charge < -0.3 is 4.74 Å². The van der Waals surface area contributed by atoms with Crippen LogP contribution in [0.5, 0.6) is 0 Å². The summed E-state index contributed by atoms with van der Waals surface area (Å²) < 4.78 is 6.72. The van der Waals surface area contributed by atoms with E-state index in [2.05, 4.69) is 103 Å². The molecule has 0 radical (unpaired) electrons. The summed E-state index contributed by atoms with van der Waals surface area (Å²) >= 11 is 1.81. The van der Waals surface area contributed by atoms with E-state index in [1.54, 1.807) is 10.8 Å². The van der Waals surface area contributed by atoms with Crippen LogP contribution in [0.25, 0.3) is 10.9 Å². The number of aromatic nitrogens is 1. The number of carbonyl (C=O) groups is 1. The second kappa shape index (κ2) is 9.71. The highest BCUT2D eigenvalue weighted by molar-refractivity contribution is 8.00. The first-order valence-corrected chi connectivity index (χ1v) is 12.9. The number of hydrogen-bond acceptors (Lipinski definition) is 3. The third kappa shape index (κ3) is 4.69. The molecule has 0 saturated carbocycles. The molecule has 1 heterocycles. The van der Waals surface area contributed by atoms with Crippen LogP contribution in [0.3, 0.4) is 0 Å². The van der Waals surface area contributed by atoms with Crippen molar-refractivity contribution in [1.29, 1.82) is 0 Å². The maximum atomic E-state index is 12.7. The van der Waals surface area contributed by atoms with Crippen LogP contribution in [-0.2, 0) is 9.48 Å². The van der Waals surface area contributed by atoms with Gasteiger partial charge in [-0.05, 0) is 61.7 Å². The number of rotatable bonds is 5. The van der Waals surface area contributed by atoms with Crippen molar-refractivity contribution in [2.75, 3.05) is 0 Å². The molecular formula is C32H29NO2S. The summed E-state index contributed by atoms with van der Waals surface area (Å²) in [5.74, 6) is 0. The summed E-state index contributed by atoms with van der Waals surface area (Å²) in [5.41, 5.74) is 3.90. The lowest BCUT2D eigenvalue weighted by atomic mass is 9.84. The molecule has 0 atom stereocenters. The molecule has 0 saturated heterocycles. The average Bonchev–Trinajstić information content (AvgIpc) is 3.31. The van der Waals surface area contributed by atoms with E-state index in [0.29, 0.717) is 0 Å². The van der Waals surface area contributed by atoms with E-state index >= 15 is 0 Å². The topological polar surface area (TPSA) is 31.2 Å². The molecule has 0 N–H and O–H groups in total. The van der Waals surface area contributed by atoms with Crippen molar-refractivity contribution in [2.45, 2.75) is 36.0 Å². The average molecular weight is 492 g/mol. The highest BCUT2D eigenvalue weighted by Gasteiger charge is 2.37. The summed E-state index contributed by atoms with van der Waals surface area (Å²) in [6.07, 6.45) is 1.41. The Hall–Kier alpha value is -3.76. The van der Waals surface area contributed by atoms with Crippen LogP contribution in [0.2, 0.25) is 0 Å². The zero-order valence-electron chi connectivity index (χ0n) is 20.7. The lowest BCUT2D eigenvalue weighted by molar-refractivity contribution is 0.0544. The second-order valence-corrected chi connectivity index (χ2v) is 11.1. The van der Waals surface area contributed by atoms with Crippen LogP contribution in [0.4, 0.5) is 4.79 Å². The molecule has 1 aromatic heterocycles. The zero-order chi connectivity index (χ0) is 25.2. The SMILES string of the molecule is CC(C)(C)OC(=O)n1ccc2cc(SC(c3ccccc3)(c3ccccc3)c3ccccc3)ccc21. The monoisotopic (exact) mass is 491 g/mol. The third-order valence-corrected chi connectivity index (χ3v) is 7.57. The molecule has 0 spiro atoms. The number of thioether (sulfide) groups is 1. The standard InChI is InChI=1S/C32H29NO2S/c1-31(2,3)35-30(34)33-22-21-24-23-28(19-20-29(24)33)36-32(25-13-7-4-8-14-25,26-15-9-5-10-16-26)27-17-11-6-12-18-27/h4-23H,1-3H3. The molecule has 0 aliphatic carbocycles. The third-order valence-electron chi connectivity index (χ3n) is 6.06. The van der Waals surface area contributed by atoms with E-state index in [1.165, 1.54) is 16.7 Å². The number of ether oxygens (including phenoxy) is 1. The van der Waals surface area contributed by atoms with Gasteiger partial charge in [-0.3, -0.25) is 4.57 Å². The normalized spacial score (nSPS) is 12.0. The maximum Gasteiger partial charge on any atom is 0.418 e. The van der Waals surface area contributed by atoms with Crippen LogP contribution in [-0.4, -0.2) is 16.3 Å². The largest absolute Gasteiger partial charge is 0.443 e. The fraction of sp³-hybridized carbons (Fsp3) is 0.156. The summed E-state index contributed by atoms with van der Waals surface area (Å²) in [5, 5.41) is 0.994. The van der Waals surface area contributed by atoms with Gasteiger partial charge in [-0.15, -0.1) is 11.8 Å². The van der Waals surface area contributed by atoms with Crippen LogP contribution in [0.1, 0.15) is 37.5 Å². The van der Waals surface area contributed by atoms with Crippen molar-refractivity contribution in [3.05, 3.63) is 138 Å². The Morgan fingerprint density at radius 2 is 1.19 bits per heavy atom. The van der Waals surface area contributed by atoms with Crippen LogP contribution < -0.4 is 0 Å². The van der Waals surface area contributed by atoms with E-state index in [9.17, 15) is 4.79 Å². The highest BCUT2D eigenvalue weighted by Crippen LogP contribution is 2.51. The predicted octanol–water partition coefficient (Wildman–Crippen LogP) is 8.51. The minimum atomic E-state index is -0.551. The minimum absolute atomic E-state index is 0.370. The van der Waals surface area contributed by atoms with Crippen LogP contribution in [0, 0.1) is 0 Å². The summed E-state index contributed by atoms with van der Waals surface area (Å²) in [4.78, 5) is 13.9. The predicted molar refractivity (Wildman–Crippen MR) is 149 cm³/mol. The van der Waals surface area contributed by atoms with E-state index in [4.69, 9.17) is 4.74 Å². The zero-order valence-corrected chi connectivity index (χ0v) is 21.5. The maximum absolute atomic E-state index is 12.7. The van der Waals surface area contributed by atoms with E-state index < -0.39 is 10.3 Å². The van der Waals surface area contributed by atoms with Crippen LogP contribution >= 0.6 is 11.8 Å². The highest BCUT2D eigenvalue weighted by atomic mass is 32.2. The summed E-state index contributed by atoms with van der Waals surface area (Å²) in [7, 11) is 0. The van der Waals surface area contributed by atoms with Gasteiger partial charge in [0, 0.05) is 16.5 Å². The van der Waals surface area contributed by atoms with Gasteiger partial charge in [-0.25, -0.2) is 4.79 Å². The van der Waals surface area contributed by atoms with Crippen molar-refractivity contribution in [3.63, 3.8) is 0 Å². The lowest BCUT2D eigenvalue weighted by Crippen LogP contribution is -2.26. The first-order chi connectivity index (χ1) is 17.4. The molecule has 0 aliphatic rings. The lowest BCUT2D eigenvalue weighted by Gasteiger charge is -2.35. The molecule has 0 amide bonds. The summed E-state index contributed by atoms with van der Waals surface area (Å²) in [6, 6.07) is 40.2. The first kappa shape index (κ1) is 24.0. The van der Waals surface area contributed by atoms with Gasteiger partial charge in [-0.2, -0.15) is 0 Å². The first-order valence-electron chi connectivity index (χ1n) is 12.1. The Labute approximate surface area is 216 Å². The molecule has 5 aromatic rings. The van der Waals surface area contributed by atoms with E-state index in [0.717, 1.165) is 15.8 Å². The summed E-state index contributed by atoms with van der Waals surface area (Å²) in [6.45, 7) is 5.63. The number of carbonyl (C=O) groups excluding carboxylic acids is 1. The van der Waals surface area contributed by atoms with Gasteiger partial charge >= 0.3 is 6.09 Å². The molecule has 0 aliphatic heterocycles. The molecular weight excluding hydrogens is 462 g/mol. The van der Waals surface area contributed by atoms with Gasteiger partial charge in [-0.1, -0.05) is 91.0 Å². The minimum Gasteiger partial charge on any atom is -0.443 e. The van der Waals surface area contributed by atoms with Crippen molar-refractivity contribution in [2.24, 2.45) is 0 Å². The number of benzene rings is 4. The van der Waals surface area contributed by atoms with Crippen molar-refractivity contribution >= 4 is 28.8 Å². The van der Waals surface area contributed by atoms with Gasteiger partial charge in [0.2, 0.25) is 0 Å². The molecule has 4 heteroatoms. The number of fused-ring (bicyclic) bond motifs is 1. The van der Waals surface area contributed by atoms with Crippen molar-refractivity contribution < 1.29 is 9.53 Å². The van der Waals surface area contributed by atoms with Crippen molar-refractivity contribution in [1.82, 2.24) is 4.57 Å². The molecule has 3 nitrogen and oxygen atoms in total. The molecule has 0 unspecified atom stereocenters. The van der Waals surface area contributed by atoms with E-state index in [-0.39, 0.29) is 6.09 Å². The molecule has 0 fully saturated rings. The fourth-order valence-corrected chi connectivity index (χ4v) is 5.96. The molecule has 4 aromatic carbocycles. The fourth-order valence-electron chi connectivity index (χ4n) is 4.53. The number of hydrogen-bond donors (Lipinski definition) is 0. The Balaban J connectivity index is 1.64.